The molecule has 94 valence electrons. The molecular weight excluding hydrogens is 236 g/mol. The lowest BCUT2D eigenvalue weighted by Crippen LogP contribution is -2.46. The minimum Gasteiger partial charge on any atom is -0.467 e. The van der Waals surface area contributed by atoms with Crippen LogP contribution in [0.5, 0.6) is 0 Å². The molecule has 0 bridgehead atoms. The molecule has 0 unspecified atom stereocenters. The quantitative estimate of drug-likeness (QED) is 0.816. The van der Waals surface area contributed by atoms with E-state index in [1.165, 1.54) is 0 Å². The van der Waals surface area contributed by atoms with Gasteiger partial charge >= 0.3 is 0 Å². The molecule has 1 rings (SSSR count). The van der Waals surface area contributed by atoms with E-state index < -0.39 is 5.41 Å². The lowest BCUT2D eigenvalue weighted by Gasteiger charge is -2.29. The molecule has 0 aliphatic carbocycles. The van der Waals surface area contributed by atoms with Crippen molar-refractivity contribution in [2.24, 2.45) is 11.1 Å². The maximum Gasteiger partial charge on any atom is 0.235 e. The number of thiocarbonyl (C=S) groups is 1. The maximum absolute atomic E-state index is 12.3. The van der Waals surface area contributed by atoms with Crippen LogP contribution in [0, 0.1) is 5.41 Å². The lowest BCUT2D eigenvalue weighted by atomic mass is 9.91. The first-order valence-corrected chi connectivity index (χ1v) is 5.92. The van der Waals surface area contributed by atoms with Crippen LogP contribution in [-0.4, -0.2) is 22.3 Å². The summed E-state index contributed by atoms with van der Waals surface area (Å²) in [6.07, 6.45) is 1.59. The molecule has 0 aliphatic heterocycles. The molecule has 0 atom stereocenters. The number of furan rings is 1. The molecule has 5 heteroatoms. The Morgan fingerprint density at radius 3 is 2.65 bits per heavy atom. The zero-order chi connectivity index (χ0) is 13.1. The van der Waals surface area contributed by atoms with E-state index in [0.717, 1.165) is 5.76 Å². The van der Waals surface area contributed by atoms with E-state index in [-0.39, 0.29) is 10.9 Å². The third-order valence-corrected chi connectivity index (χ3v) is 3.26. The molecule has 1 amide bonds. The molecule has 0 fully saturated rings. The fourth-order valence-corrected chi connectivity index (χ4v) is 1.51. The van der Waals surface area contributed by atoms with Gasteiger partial charge in [0.15, 0.2) is 0 Å². The Balaban J connectivity index is 2.81. The van der Waals surface area contributed by atoms with Crippen molar-refractivity contribution in [2.45, 2.75) is 27.3 Å². The van der Waals surface area contributed by atoms with Gasteiger partial charge in [-0.15, -0.1) is 0 Å². The van der Waals surface area contributed by atoms with Crippen LogP contribution in [0.15, 0.2) is 22.8 Å². The Hall–Kier alpha value is -1.36. The number of rotatable bonds is 5. The molecule has 4 nitrogen and oxygen atoms in total. The molecule has 2 N–H and O–H groups in total. The second-order valence-electron chi connectivity index (χ2n) is 4.39. The summed E-state index contributed by atoms with van der Waals surface area (Å²) in [4.78, 5) is 14.2. The maximum atomic E-state index is 12.3. The molecule has 0 aliphatic rings. The first kappa shape index (κ1) is 13.7. The monoisotopic (exact) mass is 254 g/mol. The van der Waals surface area contributed by atoms with Gasteiger partial charge in [0.25, 0.3) is 0 Å². The predicted molar refractivity (Wildman–Crippen MR) is 70.4 cm³/mol. The van der Waals surface area contributed by atoms with Gasteiger partial charge in [-0.2, -0.15) is 0 Å². The molecule has 0 saturated heterocycles. The molecule has 0 radical (unpaired) electrons. The van der Waals surface area contributed by atoms with Crippen molar-refractivity contribution in [1.29, 1.82) is 0 Å². The average molecular weight is 254 g/mol. The Morgan fingerprint density at radius 2 is 2.24 bits per heavy atom. The number of nitrogens with two attached hydrogens (primary N) is 1. The molecule has 0 saturated carbocycles. The van der Waals surface area contributed by atoms with Crippen LogP contribution in [0.3, 0.4) is 0 Å². The second-order valence-corrected chi connectivity index (χ2v) is 4.83. The fourth-order valence-electron chi connectivity index (χ4n) is 1.42. The Kier molecular flexibility index (Phi) is 4.28. The minimum absolute atomic E-state index is 0.0797. The average Bonchev–Trinajstić information content (AvgIpc) is 2.77. The van der Waals surface area contributed by atoms with Crippen molar-refractivity contribution in [3.05, 3.63) is 24.2 Å². The van der Waals surface area contributed by atoms with Gasteiger partial charge in [-0.1, -0.05) is 12.2 Å². The highest BCUT2D eigenvalue weighted by Gasteiger charge is 2.34. The molecule has 0 spiro atoms. The predicted octanol–water partition coefficient (Wildman–Crippen LogP) is 1.94. The topological polar surface area (TPSA) is 59.5 Å². The van der Waals surface area contributed by atoms with E-state index in [0.29, 0.717) is 13.1 Å². The summed E-state index contributed by atoms with van der Waals surface area (Å²) in [5.41, 5.74) is 4.78. The highest BCUT2D eigenvalue weighted by atomic mass is 32.1. The fraction of sp³-hybridized carbons (Fsp3) is 0.500. The van der Waals surface area contributed by atoms with Gasteiger partial charge in [0.2, 0.25) is 5.91 Å². The first-order valence-electron chi connectivity index (χ1n) is 5.51. The number of nitrogens with zero attached hydrogens (tertiary/aromatic N) is 1. The van der Waals surface area contributed by atoms with E-state index in [9.17, 15) is 4.79 Å². The van der Waals surface area contributed by atoms with E-state index in [4.69, 9.17) is 22.4 Å². The van der Waals surface area contributed by atoms with Gasteiger partial charge in [-0.25, -0.2) is 0 Å². The zero-order valence-electron chi connectivity index (χ0n) is 10.4. The standard InChI is InChI=1S/C12H18N2O2S/c1-4-14(8-9-6-5-7-16-9)11(15)12(2,3)10(13)17/h5-7H,4,8H2,1-3H3,(H2,13,17). The van der Waals surface area contributed by atoms with Crippen molar-refractivity contribution >= 4 is 23.1 Å². The van der Waals surface area contributed by atoms with Gasteiger partial charge < -0.3 is 15.1 Å². The summed E-state index contributed by atoms with van der Waals surface area (Å²) in [5.74, 6) is 0.669. The van der Waals surface area contributed by atoms with Crippen LogP contribution in [-0.2, 0) is 11.3 Å². The van der Waals surface area contributed by atoms with E-state index in [2.05, 4.69) is 0 Å². The normalized spacial score (nSPS) is 11.2. The summed E-state index contributed by atoms with van der Waals surface area (Å²) in [6, 6.07) is 3.63. The highest BCUT2D eigenvalue weighted by Crippen LogP contribution is 2.20. The summed E-state index contributed by atoms with van der Waals surface area (Å²) in [7, 11) is 0. The Bertz CT molecular complexity index is 399. The van der Waals surface area contributed by atoms with Crippen molar-refractivity contribution in [3.63, 3.8) is 0 Å². The highest BCUT2D eigenvalue weighted by molar-refractivity contribution is 7.80. The molecule has 1 aromatic heterocycles. The Morgan fingerprint density at radius 1 is 1.59 bits per heavy atom. The van der Waals surface area contributed by atoms with Crippen LogP contribution in [0.1, 0.15) is 26.5 Å². The number of hydrogen-bond acceptors (Lipinski definition) is 3. The molecule has 0 aromatic carbocycles. The van der Waals surface area contributed by atoms with Gasteiger partial charge in [-0.05, 0) is 32.9 Å². The number of carbonyl (C=O) groups is 1. The van der Waals surface area contributed by atoms with Crippen molar-refractivity contribution < 1.29 is 9.21 Å². The Labute approximate surface area is 107 Å². The number of amides is 1. The van der Waals surface area contributed by atoms with Crippen LogP contribution < -0.4 is 5.73 Å². The van der Waals surface area contributed by atoms with Crippen LogP contribution in [0.25, 0.3) is 0 Å². The molecular formula is C12H18N2O2S. The molecule has 17 heavy (non-hydrogen) atoms. The van der Waals surface area contributed by atoms with Gasteiger partial charge in [0.1, 0.15) is 5.76 Å². The minimum atomic E-state index is -0.821. The number of hydrogen-bond donors (Lipinski definition) is 1. The van der Waals surface area contributed by atoms with E-state index in [1.807, 2.05) is 13.0 Å². The molecule has 1 aromatic rings. The first-order chi connectivity index (χ1) is 7.89. The summed E-state index contributed by atoms with van der Waals surface area (Å²) < 4.78 is 5.23. The summed E-state index contributed by atoms with van der Waals surface area (Å²) >= 11 is 4.93. The SMILES string of the molecule is CCN(Cc1ccco1)C(=O)C(C)(C)C(N)=S. The number of carbonyl (C=O) groups excluding carboxylic acids is 1. The molecule has 1 heterocycles. The third kappa shape index (κ3) is 3.06. The van der Waals surface area contributed by atoms with Crippen LogP contribution in [0.2, 0.25) is 0 Å². The van der Waals surface area contributed by atoms with Crippen LogP contribution >= 0.6 is 12.2 Å². The van der Waals surface area contributed by atoms with E-state index in [1.54, 1.807) is 31.1 Å². The summed E-state index contributed by atoms with van der Waals surface area (Å²) in [5, 5.41) is 0. The van der Waals surface area contributed by atoms with Gasteiger partial charge in [0.05, 0.1) is 23.2 Å². The largest absolute Gasteiger partial charge is 0.467 e. The second kappa shape index (κ2) is 5.31. The van der Waals surface area contributed by atoms with Crippen molar-refractivity contribution in [1.82, 2.24) is 4.90 Å². The van der Waals surface area contributed by atoms with E-state index >= 15 is 0 Å². The van der Waals surface area contributed by atoms with Crippen molar-refractivity contribution in [2.75, 3.05) is 6.54 Å². The van der Waals surface area contributed by atoms with Gasteiger partial charge in [0, 0.05) is 6.54 Å². The van der Waals surface area contributed by atoms with Crippen LogP contribution in [0.4, 0.5) is 0 Å². The third-order valence-electron chi connectivity index (χ3n) is 2.75. The van der Waals surface area contributed by atoms with Crippen molar-refractivity contribution in [3.8, 4) is 0 Å². The van der Waals surface area contributed by atoms with Gasteiger partial charge in [-0.3, -0.25) is 4.79 Å². The lowest BCUT2D eigenvalue weighted by molar-refractivity contribution is -0.137. The summed E-state index contributed by atoms with van der Waals surface area (Å²) in [6.45, 7) is 6.42. The smallest absolute Gasteiger partial charge is 0.235 e. The zero-order valence-corrected chi connectivity index (χ0v) is 11.2.